The van der Waals surface area contributed by atoms with Gasteiger partial charge in [0, 0.05) is 23.7 Å². The lowest BCUT2D eigenvalue weighted by atomic mass is 10.1. The average Bonchev–Trinajstić information content (AvgIpc) is 2.70. The predicted molar refractivity (Wildman–Crippen MR) is 84.5 cm³/mol. The van der Waals surface area contributed by atoms with Crippen molar-refractivity contribution in [3.63, 3.8) is 0 Å². The molecule has 0 bridgehead atoms. The summed E-state index contributed by atoms with van der Waals surface area (Å²) in [4.78, 5) is 15.7. The number of thioether (sulfide) groups is 1. The molecule has 0 aliphatic carbocycles. The molecule has 3 rings (SSSR count). The molecule has 0 unspecified atom stereocenters. The van der Waals surface area contributed by atoms with Gasteiger partial charge < -0.3 is 10.6 Å². The molecule has 1 amide bonds. The van der Waals surface area contributed by atoms with Gasteiger partial charge >= 0.3 is 0 Å². The van der Waals surface area contributed by atoms with Crippen LogP contribution < -0.4 is 5.73 Å². The van der Waals surface area contributed by atoms with Crippen molar-refractivity contribution in [1.82, 2.24) is 15.1 Å². The summed E-state index contributed by atoms with van der Waals surface area (Å²) in [6, 6.07) is 0. The van der Waals surface area contributed by atoms with Crippen molar-refractivity contribution < 1.29 is 4.79 Å². The fourth-order valence-electron chi connectivity index (χ4n) is 2.30. The number of amides is 1. The number of nitrogen functional groups attached to an aromatic ring is 1. The van der Waals surface area contributed by atoms with Crippen molar-refractivity contribution >= 4 is 44.9 Å². The summed E-state index contributed by atoms with van der Waals surface area (Å²) in [6.45, 7) is 5.48. The lowest BCUT2D eigenvalue weighted by Crippen LogP contribution is -2.51. The molecule has 20 heavy (non-hydrogen) atoms. The zero-order valence-corrected chi connectivity index (χ0v) is 13.3. The van der Waals surface area contributed by atoms with Gasteiger partial charge in [0.1, 0.15) is 9.71 Å². The summed E-state index contributed by atoms with van der Waals surface area (Å²) in [5.41, 5.74) is 8.60. The van der Waals surface area contributed by atoms with Gasteiger partial charge in [-0.1, -0.05) is 0 Å². The molecule has 5 nitrogen and oxygen atoms in total. The Morgan fingerprint density at radius 3 is 2.75 bits per heavy atom. The minimum atomic E-state index is 0.0212. The molecule has 2 aromatic rings. The summed E-state index contributed by atoms with van der Waals surface area (Å²) in [7, 11) is 0. The molecule has 1 aliphatic heterocycles. The summed E-state index contributed by atoms with van der Waals surface area (Å²) in [5, 5.41) is 9.69. The van der Waals surface area contributed by atoms with Crippen LogP contribution in [0.2, 0.25) is 0 Å². The molecule has 1 fully saturated rings. The molecule has 2 aromatic heterocycles. The van der Waals surface area contributed by atoms with E-state index in [-0.39, 0.29) is 5.91 Å². The molecular weight excluding hydrogens is 292 g/mol. The fourth-order valence-corrected chi connectivity index (χ4v) is 4.02. The van der Waals surface area contributed by atoms with E-state index < -0.39 is 0 Å². The maximum atomic E-state index is 12.5. The second-order valence-corrected chi connectivity index (χ2v) is 7.14. The molecule has 0 atom stereocenters. The molecule has 0 spiro atoms. The smallest absolute Gasteiger partial charge is 0.266 e. The highest BCUT2D eigenvalue weighted by molar-refractivity contribution is 7.99. The first kappa shape index (κ1) is 13.6. The van der Waals surface area contributed by atoms with Gasteiger partial charge in [-0.3, -0.25) is 4.79 Å². The maximum Gasteiger partial charge on any atom is 0.266 e. The molecular formula is C13H16N4OS2. The number of aryl methyl sites for hydroxylation is 2. The largest absolute Gasteiger partial charge is 0.397 e. The second kappa shape index (κ2) is 4.89. The fraction of sp³-hybridized carbons (Fsp3) is 0.462. The molecule has 0 radical (unpaired) electrons. The Bertz CT molecular complexity index is 691. The summed E-state index contributed by atoms with van der Waals surface area (Å²) in [5.74, 6) is 0.0212. The minimum absolute atomic E-state index is 0.0212. The average molecular weight is 308 g/mol. The van der Waals surface area contributed by atoms with E-state index in [1.807, 2.05) is 18.7 Å². The number of carbonyl (C=O) groups excluding carboxylic acids is 1. The second-order valence-electron chi connectivity index (χ2n) is 5.00. The molecule has 106 valence electrons. The van der Waals surface area contributed by atoms with Crippen molar-refractivity contribution in [2.45, 2.75) is 19.1 Å². The van der Waals surface area contributed by atoms with Crippen LogP contribution in [0.15, 0.2) is 0 Å². The van der Waals surface area contributed by atoms with Gasteiger partial charge in [0.25, 0.3) is 5.91 Å². The number of aromatic nitrogens is 2. The van der Waals surface area contributed by atoms with E-state index in [0.29, 0.717) is 15.8 Å². The normalized spacial score (nSPS) is 15.7. The van der Waals surface area contributed by atoms with E-state index in [1.54, 1.807) is 11.8 Å². The van der Waals surface area contributed by atoms with Gasteiger partial charge in [-0.15, -0.1) is 16.4 Å². The number of fused-ring (bicyclic) bond motifs is 1. The van der Waals surface area contributed by atoms with Crippen LogP contribution >= 0.6 is 23.1 Å². The van der Waals surface area contributed by atoms with Crippen molar-refractivity contribution in [2.24, 2.45) is 0 Å². The van der Waals surface area contributed by atoms with E-state index in [1.165, 1.54) is 11.3 Å². The number of hydrogen-bond donors (Lipinski definition) is 1. The van der Waals surface area contributed by atoms with Gasteiger partial charge in [0.05, 0.1) is 11.4 Å². The third kappa shape index (κ3) is 1.96. The van der Waals surface area contributed by atoms with E-state index in [0.717, 1.165) is 34.6 Å². The predicted octanol–water partition coefficient (Wildman–Crippen LogP) is 2.08. The number of hydrogen-bond acceptors (Lipinski definition) is 6. The van der Waals surface area contributed by atoms with E-state index >= 15 is 0 Å². The third-order valence-electron chi connectivity index (χ3n) is 3.80. The van der Waals surface area contributed by atoms with Crippen molar-refractivity contribution in [2.75, 3.05) is 25.1 Å². The molecule has 1 aliphatic rings. The van der Waals surface area contributed by atoms with E-state index in [2.05, 4.69) is 16.5 Å². The maximum absolute atomic E-state index is 12.5. The van der Waals surface area contributed by atoms with Crippen LogP contribution in [0.3, 0.4) is 0 Å². The van der Waals surface area contributed by atoms with Crippen LogP contribution in [0, 0.1) is 13.8 Å². The van der Waals surface area contributed by atoms with Crippen LogP contribution in [-0.2, 0) is 0 Å². The molecule has 1 saturated heterocycles. The van der Waals surface area contributed by atoms with Crippen molar-refractivity contribution in [3.8, 4) is 0 Å². The van der Waals surface area contributed by atoms with Gasteiger partial charge in [-0.2, -0.15) is 16.9 Å². The number of thiophene rings is 1. The van der Waals surface area contributed by atoms with Gasteiger partial charge in [-0.05, 0) is 25.7 Å². The van der Waals surface area contributed by atoms with Crippen LogP contribution in [-0.4, -0.2) is 45.6 Å². The van der Waals surface area contributed by atoms with Gasteiger partial charge in [0.15, 0.2) is 0 Å². The highest BCUT2D eigenvalue weighted by Gasteiger charge is 2.33. The Balaban J connectivity index is 1.99. The summed E-state index contributed by atoms with van der Waals surface area (Å²) >= 11 is 3.14. The number of anilines is 1. The Kier molecular flexibility index (Phi) is 3.33. The van der Waals surface area contributed by atoms with E-state index in [4.69, 9.17) is 5.73 Å². The summed E-state index contributed by atoms with van der Waals surface area (Å²) in [6.07, 6.45) is 2.07. The third-order valence-corrected chi connectivity index (χ3v) is 5.84. The standard InChI is InChI=1S/C13H16N4OS2/c1-6-7(2)15-16-12-9(6)10(14)11(20-12)13(18)17-4-8(5-17)19-3/h8H,4-5,14H2,1-3H3. The first-order chi connectivity index (χ1) is 9.52. The monoisotopic (exact) mass is 308 g/mol. The first-order valence-corrected chi connectivity index (χ1v) is 8.47. The lowest BCUT2D eigenvalue weighted by Gasteiger charge is -2.38. The molecule has 3 heterocycles. The number of carbonyl (C=O) groups is 1. The van der Waals surface area contributed by atoms with Crippen molar-refractivity contribution in [1.29, 1.82) is 0 Å². The Hall–Kier alpha value is -1.34. The lowest BCUT2D eigenvalue weighted by molar-refractivity contribution is 0.0670. The van der Waals surface area contributed by atoms with Crippen LogP contribution in [0.5, 0.6) is 0 Å². The Morgan fingerprint density at radius 1 is 1.40 bits per heavy atom. The van der Waals surface area contributed by atoms with Crippen LogP contribution in [0.4, 0.5) is 5.69 Å². The quantitative estimate of drug-likeness (QED) is 0.919. The molecule has 2 N–H and O–H groups in total. The highest BCUT2D eigenvalue weighted by Crippen LogP contribution is 2.36. The zero-order chi connectivity index (χ0) is 14.4. The van der Waals surface area contributed by atoms with Crippen LogP contribution in [0.25, 0.3) is 10.2 Å². The van der Waals surface area contributed by atoms with Gasteiger partial charge in [0.2, 0.25) is 0 Å². The van der Waals surface area contributed by atoms with E-state index in [9.17, 15) is 4.79 Å². The number of likely N-dealkylation sites (tertiary alicyclic amines) is 1. The number of rotatable bonds is 2. The summed E-state index contributed by atoms with van der Waals surface area (Å²) < 4.78 is 0. The minimum Gasteiger partial charge on any atom is -0.397 e. The first-order valence-electron chi connectivity index (χ1n) is 6.36. The molecule has 0 aromatic carbocycles. The van der Waals surface area contributed by atoms with Crippen LogP contribution in [0.1, 0.15) is 20.9 Å². The SMILES string of the molecule is CSC1CN(C(=O)c2sc3nnc(C)c(C)c3c2N)C1. The molecule has 7 heteroatoms. The van der Waals surface area contributed by atoms with Gasteiger partial charge in [-0.25, -0.2) is 0 Å². The topological polar surface area (TPSA) is 72.1 Å². The zero-order valence-electron chi connectivity index (χ0n) is 11.6. The van der Waals surface area contributed by atoms with Crippen molar-refractivity contribution in [3.05, 3.63) is 16.1 Å². The number of nitrogens with zero attached hydrogens (tertiary/aromatic N) is 3. The Labute approximate surface area is 125 Å². The molecule has 0 saturated carbocycles. The Morgan fingerprint density at radius 2 is 2.10 bits per heavy atom. The highest BCUT2D eigenvalue weighted by atomic mass is 32.2. The number of nitrogens with two attached hydrogens (primary N) is 1.